The van der Waals surface area contributed by atoms with Crippen molar-refractivity contribution >= 4 is 21.8 Å². The molecule has 0 saturated carbocycles. The predicted octanol–water partition coefficient (Wildman–Crippen LogP) is 3.13. The average molecular weight is 343 g/mol. The van der Waals surface area contributed by atoms with E-state index in [-0.39, 0.29) is 11.7 Å². The Balaban J connectivity index is 2.02. The van der Waals surface area contributed by atoms with Crippen LogP contribution in [0.25, 0.3) is 0 Å². The minimum absolute atomic E-state index is 0.0213. The average Bonchev–Trinajstić information content (AvgIpc) is 2.90. The fourth-order valence-corrected chi connectivity index (χ4v) is 3.16. The maximum Gasteiger partial charge on any atom is 0.240 e. The molecule has 0 radical (unpaired) electrons. The molecule has 0 spiro atoms. The van der Waals surface area contributed by atoms with Crippen molar-refractivity contribution in [1.29, 1.82) is 0 Å². The largest absolute Gasteiger partial charge is 0.350 e. The lowest BCUT2D eigenvalue weighted by atomic mass is 9.91. The Labute approximate surface area is 127 Å². The highest BCUT2D eigenvalue weighted by atomic mass is 79.9. The SMILES string of the molecule is CCCC1(C(=O)NCc2cc(F)ccc2Br)CCCN1. The van der Waals surface area contributed by atoms with E-state index >= 15 is 0 Å². The number of halogens is 2. The number of amides is 1. The van der Waals surface area contributed by atoms with Crippen LogP contribution in [0.5, 0.6) is 0 Å². The van der Waals surface area contributed by atoms with Crippen molar-refractivity contribution in [2.75, 3.05) is 6.54 Å². The topological polar surface area (TPSA) is 41.1 Å². The Morgan fingerprint density at radius 1 is 1.55 bits per heavy atom. The van der Waals surface area contributed by atoms with Gasteiger partial charge in [0.2, 0.25) is 5.91 Å². The van der Waals surface area contributed by atoms with Crippen LogP contribution in [0.3, 0.4) is 0 Å². The van der Waals surface area contributed by atoms with Gasteiger partial charge in [-0.15, -0.1) is 0 Å². The van der Waals surface area contributed by atoms with Crippen molar-refractivity contribution in [3.05, 3.63) is 34.1 Å². The second kappa shape index (κ2) is 6.68. The van der Waals surface area contributed by atoms with E-state index in [1.54, 1.807) is 6.07 Å². The number of carbonyl (C=O) groups is 1. The van der Waals surface area contributed by atoms with Crippen molar-refractivity contribution in [3.8, 4) is 0 Å². The fraction of sp³-hybridized carbons (Fsp3) is 0.533. The molecule has 110 valence electrons. The summed E-state index contributed by atoms with van der Waals surface area (Å²) in [5.41, 5.74) is 0.317. The van der Waals surface area contributed by atoms with Gasteiger partial charge in [0.15, 0.2) is 0 Å². The molecule has 1 fully saturated rings. The molecule has 1 aliphatic heterocycles. The maximum atomic E-state index is 13.2. The van der Waals surface area contributed by atoms with E-state index in [1.807, 2.05) is 0 Å². The Bertz CT molecular complexity index is 487. The second-order valence-electron chi connectivity index (χ2n) is 5.28. The molecule has 2 N–H and O–H groups in total. The second-order valence-corrected chi connectivity index (χ2v) is 6.14. The van der Waals surface area contributed by atoms with Gasteiger partial charge in [-0.25, -0.2) is 4.39 Å². The monoisotopic (exact) mass is 342 g/mol. The van der Waals surface area contributed by atoms with Gasteiger partial charge in [0.05, 0.1) is 5.54 Å². The summed E-state index contributed by atoms with van der Waals surface area (Å²) in [5.74, 6) is -0.271. The first-order valence-corrected chi connectivity index (χ1v) is 7.84. The van der Waals surface area contributed by atoms with Crippen molar-refractivity contribution < 1.29 is 9.18 Å². The molecule has 20 heavy (non-hydrogen) atoms. The number of hydrogen-bond donors (Lipinski definition) is 2. The van der Waals surface area contributed by atoms with E-state index in [9.17, 15) is 9.18 Å². The first-order valence-electron chi connectivity index (χ1n) is 7.04. The third-order valence-corrected chi connectivity index (χ3v) is 4.58. The van der Waals surface area contributed by atoms with Gasteiger partial charge in [-0.05, 0) is 49.6 Å². The van der Waals surface area contributed by atoms with Crippen molar-refractivity contribution in [2.24, 2.45) is 0 Å². The lowest BCUT2D eigenvalue weighted by Gasteiger charge is -2.28. The van der Waals surface area contributed by atoms with Gasteiger partial charge in [0.25, 0.3) is 0 Å². The summed E-state index contributed by atoms with van der Waals surface area (Å²) < 4.78 is 14.0. The van der Waals surface area contributed by atoms with E-state index in [0.29, 0.717) is 6.54 Å². The Morgan fingerprint density at radius 2 is 2.35 bits per heavy atom. The molecule has 2 rings (SSSR count). The van der Waals surface area contributed by atoms with Crippen LogP contribution in [0, 0.1) is 5.82 Å². The van der Waals surface area contributed by atoms with Gasteiger partial charge >= 0.3 is 0 Å². The van der Waals surface area contributed by atoms with Gasteiger partial charge in [-0.1, -0.05) is 29.3 Å². The third kappa shape index (κ3) is 3.38. The summed E-state index contributed by atoms with van der Waals surface area (Å²) in [6.45, 7) is 3.31. The van der Waals surface area contributed by atoms with Crippen molar-refractivity contribution in [3.63, 3.8) is 0 Å². The molecule has 1 saturated heterocycles. The maximum absolute atomic E-state index is 13.2. The fourth-order valence-electron chi connectivity index (χ4n) is 2.78. The molecule has 1 unspecified atom stereocenters. The van der Waals surface area contributed by atoms with E-state index < -0.39 is 5.54 Å². The van der Waals surface area contributed by atoms with Crippen LogP contribution >= 0.6 is 15.9 Å². The minimum Gasteiger partial charge on any atom is -0.350 e. The molecular formula is C15H20BrFN2O. The summed E-state index contributed by atoms with van der Waals surface area (Å²) in [7, 11) is 0. The summed E-state index contributed by atoms with van der Waals surface area (Å²) in [6.07, 6.45) is 3.70. The minimum atomic E-state index is -0.436. The summed E-state index contributed by atoms with van der Waals surface area (Å²) in [5, 5.41) is 6.27. The molecule has 1 aromatic rings. The van der Waals surface area contributed by atoms with Crippen molar-refractivity contribution in [2.45, 2.75) is 44.7 Å². The Morgan fingerprint density at radius 3 is 3.00 bits per heavy atom. The van der Waals surface area contributed by atoms with E-state index in [0.717, 1.165) is 42.3 Å². The predicted molar refractivity (Wildman–Crippen MR) is 80.8 cm³/mol. The van der Waals surface area contributed by atoms with E-state index in [1.165, 1.54) is 12.1 Å². The molecule has 1 atom stereocenters. The highest BCUT2D eigenvalue weighted by Crippen LogP contribution is 2.25. The number of carbonyl (C=O) groups excluding carboxylic acids is 1. The summed E-state index contributed by atoms with van der Waals surface area (Å²) >= 11 is 3.37. The van der Waals surface area contributed by atoms with Crippen molar-refractivity contribution in [1.82, 2.24) is 10.6 Å². The molecule has 0 aliphatic carbocycles. The molecule has 1 aliphatic rings. The molecule has 3 nitrogen and oxygen atoms in total. The summed E-state index contributed by atoms with van der Waals surface area (Å²) in [4.78, 5) is 12.4. The van der Waals surface area contributed by atoms with Gasteiger partial charge in [-0.2, -0.15) is 0 Å². The van der Waals surface area contributed by atoms with Crippen LogP contribution in [0.2, 0.25) is 0 Å². The summed E-state index contributed by atoms with van der Waals surface area (Å²) in [6, 6.07) is 4.50. The van der Waals surface area contributed by atoms with Crippen LogP contribution in [-0.4, -0.2) is 18.0 Å². The number of benzene rings is 1. The zero-order valence-corrected chi connectivity index (χ0v) is 13.2. The quantitative estimate of drug-likeness (QED) is 0.863. The molecule has 0 aromatic heterocycles. The highest BCUT2D eigenvalue weighted by Gasteiger charge is 2.39. The zero-order chi connectivity index (χ0) is 14.6. The van der Waals surface area contributed by atoms with Crippen LogP contribution < -0.4 is 10.6 Å². The smallest absolute Gasteiger partial charge is 0.240 e. The number of hydrogen-bond acceptors (Lipinski definition) is 2. The molecular weight excluding hydrogens is 323 g/mol. The van der Waals surface area contributed by atoms with Crippen LogP contribution in [0.15, 0.2) is 22.7 Å². The molecule has 1 aromatic carbocycles. The van der Waals surface area contributed by atoms with Crippen LogP contribution in [-0.2, 0) is 11.3 Å². The lowest BCUT2D eigenvalue weighted by Crippen LogP contribution is -2.53. The number of nitrogens with one attached hydrogen (secondary N) is 2. The normalized spacial score (nSPS) is 21.9. The molecule has 0 bridgehead atoms. The molecule has 5 heteroatoms. The van der Waals surface area contributed by atoms with Gasteiger partial charge in [0.1, 0.15) is 5.82 Å². The van der Waals surface area contributed by atoms with E-state index in [4.69, 9.17) is 0 Å². The lowest BCUT2D eigenvalue weighted by molar-refractivity contribution is -0.127. The number of rotatable bonds is 5. The van der Waals surface area contributed by atoms with Gasteiger partial charge in [-0.3, -0.25) is 4.79 Å². The van der Waals surface area contributed by atoms with Gasteiger partial charge < -0.3 is 10.6 Å². The highest BCUT2D eigenvalue weighted by molar-refractivity contribution is 9.10. The first kappa shape index (κ1) is 15.4. The van der Waals surface area contributed by atoms with Crippen LogP contribution in [0.4, 0.5) is 4.39 Å². The van der Waals surface area contributed by atoms with Gasteiger partial charge in [0, 0.05) is 11.0 Å². The van der Waals surface area contributed by atoms with E-state index in [2.05, 4.69) is 33.5 Å². The molecule has 1 heterocycles. The zero-order valence-electron chi connectivity index (χ0n) is 11.6. The molecule has 1 amide bonds. The standard InChI is InChI=1S/C15H20BrFN2O/c1-2-6-15(7-3-8-19-15)14(20)18-10-11-9-12(17)4-5-13(11)16/h4-5,9,19H,2-3,6-8,10H2,1H3,(H,18,20). The Hall–Kier alpha value is -0.940. The van der Waals surface area contributed by atoms with Crippen LogP contribution in [0.1, 0.15) is 38.2 Å². The first-order chi connectivity index (χ1) is 9.57. The Kier molecular flexibility index (Phi) is 5.16. The third-order valence-electron chi connectivity index (χ3n) is 3.80.